The molecule has 0 heterocycles. The second-order valence-electron chi connectivity index (χ2n) is 5.52. The van der Waals surface area contributed by atoms with E-state index in [-0.39, 0.29) is 19.0 Å². The number of nitrogens with one attached hydrogen (secondary N) is 1. The number of amides is 2. The smallest absolute Gasteiger partial charge is 0.332 e. The van der Waals surface area contributed by atoms with Gasteiger partial charge >= 0.3 is 12.0 Å². The van der Waals surface area contributed by atoms with Crippen LogP contribution in [0.4, 0.5) is 4.79 Å². The summed E-state index contributed by atoms with van der Waals surface area (Å²) in [6.07, 6.45) is -1.43. The number of aliphatic hydroxyl groups is 1. The second-order valence-corrected chi connectivity index (χ2v) is 5.52. The Kier molecular flexibility index (Phi) is 8.91. The lowest BCUT2D eigenvalue weighted by Crippen LogP contribution is -2.45. The van der Waals surface area contributed by atoms with Crippen LogP contribution in [0.5, 0.6) is 0 Å². The summed E-state index contributed by atoms with van der Waals surface area (Å²) >= 11 is 0. The van der Waals surface area contributed by atoms with Gasteiger partial charge in [-0.2, -0.15) is 0 Å². The minimum Gasteiger partial charge on any atom is -0.479 e. The van der Waals surface area contributed by atoms with Crippen molar-refractivity contribution >= 4 is 12.0 Å². The highest BCUT2D eigenvalue weighted by molar-refractivity contribution is 5.74. The van der Waals surface area contributed by atoms with Crippen LogP contribution in [-0.2, 0) is 4.79 Å². The molecule has 1 unspecified atom stereocenters. The third-order valence-corrected chi connectivity index (χ3v) is 2.67. The Morgan fingerprint density at radius 3 is 2.25 bits per heavy atom. The number of likely N-dealkylation sites (N-methyl/N-ethyl adjacent to an activating group) is 1. The van der Waals surface area contributed by atoms with Crippen LogP contribution >= 0.6 is 0 Å². The van der Waals surface area contributed by atoms with Crippen molar-refractivity contribution in [1.82, 2.24) is 15.1 Å². The molecule has 0 aliphatic carbocycles. The molecule has 0 aliphatic rings. The first-order chi connectivity index (χ1) is 9.23. The maximum absolute atomic E-state index is 12.0. The summed E-state index contributed by atoms with van der Waals surface area (Å²) in [4.78, 5) is 26.2. The van der Waals surface area contributed by atoms with Crippen LogP contribution in [0.1, 0.15) is 20.3 Å². The monoisotopic (exact) mass is 289 g/mol. The van der Waals surface area contributed by atoms with Gasteiger partial charge in [0.05, 0.1) is 0 Å². The molecule has 7 nitrogen and oxygen atoms in total. The molecule has 0 aromatic carbocycles. The molecule has 0 aromatic rings. The molecule has 118 valence electrons. The van der Waals surface area contributed by atoms with E-state index < -0.39 is 12.1 Å². The maximum atomic E-state index is 12.0. The fourth-order valence-corrected chi connectivity index (χ4v) is 1.59. The highest BCUT2D eigenvalue weighted by atomic mass is 16.4. The van der Waals surface area contributed by atoms with Gasteiger partial charge in [-0.15, -0.1) is 0 Å². The molecule has 0 rings (SSSR count). The lowest BCUT2D eigenvalue weighted by atomic mass is 10.2. The zero-order valence-corrected chi connectivity index (χ0v) is 12.8. The molecule has 7 heteroatoms. The van der Waals surface area contributed by atoms with Gasteiger partial charge in [0.15, 0.2) is 6.10 Å². The number of aliphatic hydroxyl groups excluding tert-OH is 1. The summed E-state index contributed by atoms with van der Waals surface area (Å²) in [5.74, 6) is -0.918. The van der Waals surface area contributed by atoms with Crippen molar-refractivity contribution in [3.05, 3.63) is 0 Å². The average molecular weight is 289 g/mol. The molecule has 0 aliphatic heterocycles. The summed E-state index contributed by atoms with van der Waals surface area (Å²) in [6, 6.07) is -0.224. The topological polar surface area (TPSA) is 93.1 Å². The third-order valence-electron chi connectivity index (χ3n) is 2.67. The van der Waals surface area contributed by atoms with Crippen LogP contribution in [0.25, 0.3) is 0 Å². The van der Waals surface area contributed by atoms with Crippen molar-refractivity contribution < 1.29 is 19.8 Å². The van der Waals surface area contributed by atoms with Gasteiger partial charge in [-0.3, -0.25) is 0 Å². The molecule has 0 bridgehead atoms. The fourth-order valence-electron chi connectivity index (χ4n) is 1.59. The lowest BCUT2D eigenvalue weighted by Gasteiger charge is -2.26. The number of urea groups is 1. The quantitative estimate of drug-likeness (QED) is 0.558. The Morgan fingerprint density at radius 1 is 1.20 bits per heavy atom. The van der Waals surface area contributed by atoms with Crippen LogP contribution in [0, 0.1) is 5.92 Å². The van der Waals surface area contributed by atoms with Gasteiger partial charge in [-0.05, 0) is 20.0 Å². The molecular formula is C13H27N3O4. The van der Waals surface area contributed by atoms with Gasteiger partial charge in [0.2, 0.25) is 0 Å². The first-order valence-electron chi connectivity index (χ1n) is 6.82. The van der Waals surface area contributed by atoms with Crippen LogP contribution in [0.3, 0.4) is 0 Å². The Morgan fingerprint density at radius 2 is 1.80 bits per heavy atom. The number of rotatable bonds is 9. The van der Waals surface area contributed by atoms with E-state index in [4.69, 9.17) is 10.2 Å². The van der Waals surface area contributed by atoms with E-state index in [1.165, 1.54) is 0 Å². The van der Waals surface area contributed by atoms with Crippen LogP contribution in [0.2, 0.25) is 0 Å². The van der Waals surface area contributed by atoms with Gasteiger partial charge in [0.1, 0.15) is 0 Å². The fraction of sp³-hybridized carbons (Fsp3) is 0.846. The van der Waals surface area contributed by atoms with E-state index in [1.807, 2.05) is 32.8 Å². The van der Waals surface area contributed by atoms with Crippen LogP contribution in [0.15, 0.2) is 0 Å². The maximum Gasteiger partial charge on any atom is 0.332 e. The number of carboxylic acid groups (broad SMARTS) is 1. The normalized spacial score (nSPS) is 12.6. The van der Waals surface area contributed by atoms with Gasteiger partial charge < -0.3 is 25.3 Å². The number of carboxylic acids is 1. The molecule has 0 saturated heterocycles. The summed E-state index contributed by atoms with van der Waals surface area (Å²) in [7, 11) is 3.88. The molecule has 20 heavy (non-hydrogen) atoms. The van der Waals surface area contributed by atoms with E-state index in [9.17, 15) is 9.59 Å². The Hall–Kier alpha value is -1.34. The number of hydrogen-bond acceptors (Lipinski definition) is 4. The Balaban J connectivity index is 4.22. The number of carbonyl (C=O) groups is 2. The standard InChI is InChI=1S/C13H27N3O4/c1-10(2)9-16(8-7-15(3)4)13(20)14-6-5-11(17)12(18)19/h10-11,17H,5-9H2,1-4H3,(H,14,20)(H,18,19). The second kappa shape index (κ2) is 9.55. The SMILES string of the molecule is CC(C)CN(CCN(C)C)C(=O)NCCC(O)C(=O)O. The molecular weight excluding hydrogens is 262 g/mol. The molecule has 2 amide bonds. The molecule has 0 radical (unpaired) electrons. The molecule has 0 aromatic heterocycles. The average Bonchev–Trinajstić information content (AvgIpc) is 2.33. The molecule has 0 fully saturated rings. The van der Waals surface area contributed by atoms with Crippen LogP contribution in [-0.4, -0.2) is 78.4 Å². The van der Waals surface area contributed by atoms with Crippen molar-refractivity contribution in [3.8, 4) is 0 Å². The van der Waals surface area contributed by atoms with Crippen LogP contribution < -0.4 is 5.32 Å². The van der Waals surface area contributed by atoms with Crippen molar-refractivity contribution in [2.75, 3.05) is 40.3 Å². The highest BCUT2D eigenvalue weighted by Gasteiger charge is 2.17. The minimum atomic E-state index is -1.43. The predicted octanol–water partition coefficient (Wildman–Crippen LogP) is 0.0512. The minimum absolute atomic E-state index is 0.00424. The third kappa shape index (κ3) is 8.71. The first-order valence-corrected chi connectivity index (χ1v) is 6.82. The van der Waals surface area contributed by atoms with E-state index in [2.05, 4.69) is 5.32 Å². The Bertz CT molecular complexity index is 308. The lowest BCUT2D eigenvalue weighted by molar-refractivity contribution is -0.146. The first kappa shape index (κ1) is 18.7. The van der Waals surface area contributed by atoms with Gasteiger partial charge in [0.25, 0.3) is 0 Å². The number of aliphatic carboxylic acids is 1. The van der Waals surface area contributed by atoms with E-state index >= 15 is 0 Å². The summed E-state index contributed by atoms with van der Waals surface area (Å²) < 4.78 is 0. The van der Waals surface area contributed by atoms with Gasteiger partial charge in [-0.25, -0.2) is 9.59 Å². The van der Waals surface area contributed by atoms with Crippen molar-refractivity contribution in [2.24, 2.45) is 5.92 Å². The number of nitrogens with zero attached hydrogens (tertiary/aromatic N) is 2. The van der Waals surface area contributed by atoms with Crippen molar-refractivity contribution in [1.29, 1.82) is 0 Å². The molecule has 0 saturated carbocycles. The molecule has 3 N–H and O–H groups in total. The molecule has 0 spiro atoms. The largest absolute Gasteiger partial charge is 0.479 e. The van der Waals surface area contributed by atoms with E-state index in [1.54, 1.807) is 4.90 Å². The summed E-state index contributed by atoms with van der Waals surface area (Å²) in [5.41, 5.74) is 0. The number of carbonyl (C=O) groups excluding carboxylic acids is 1. The zero-order valence-electron chi connectivity index (χ0n) is 12.8. The zero-order chi connectivity index (χ0) is 15.7. The predicted molar refractivity (Wildman–Crippen MR) is 76.6 cm³/mol. The molecule has 1 atom stereocenters. The summed E-state index contributed by atoms with van der Waals surface area (Å²) in [6.45, 7) is 6.22. The Labute approximate surface area is 120 Å². The van der Waals surface area contributed by atoms with Gasteiger partial charge in [0, 0.05) is 32.6 Å². The van der Waals surface area contributed by atoms with E-state index in [0.29, 0.717) is 19.0 Å². The highest BCUT2D eigenvalue weighted by Crippen LogP contribution is 2.00. The van der Waals surface area contributed by atoms with Crippen molar-refractivity contribution in [3.63, 3.8) is 0 Å². The summed E-state index contributed by atoms with van der Waals surface area (Å²) in [5, 5.41) is 20.3. The van der Waals surface area contributed by atoms with E-state index in [0.717, 1.165) is 6.54 Å². The van der Waals surface area contributed by atoms with Gasteiger partial charge in [-0.1, -0.05) is 13.8 Å². The number of hydrogen-bond donors (Lipinski definition) is 3. The van der Waals surface area contributed by atoms with Crippen molar-refractivity contribution in [2.45, 2.75) is 26.4 Å².